The standard InChI is InChI=1S/C11H12F2N2OS/c1-6(10(14)17)11(16)15-5-7-2-3-8(12)9(13)4-7/h2-4,6H,5H2,1H3,(H2,14,17)(H,15,16). The lowest BCUT2D eigenvalue weighted by Crippen LogP contribution is -2.35. The van der Waals surface area contributed by atoms with Gasteiger partial charge in [-0.05, 0) is 24.6 Å². The fraction of sp³-hybridized carbons (Fsp3) is 0.273. The zero-order valence-corrected chi connectivity index (χ0v) is 9.98. The first kappa shape index (κ1) is 13.5. The largest absolute Gasteiger partial charge is 0.393 e. The van der Waals surface area contributed by atoms with E-state index in [9.17, 15) is 13.6 Å². The SMILES string of the molecule is CC(C(=O)NCc1ccc(F)c(F)c1)C(N)=S. The molecule has 0 aromatic heterocycles. The van der Waals surface area contributed by atoms with Gasteiger partial charge in [0.25, 0.3) is 0 Å². The summed E-state index contributed by atoms with van der Waals surface area (Å²) < 4.78 is 25.5. The van der Waals surface area contributed by atoms with Crippen molar-refractivity contribution in [1.29, 1.82) is 0 Å². The zero-order chi connectivity index (χ0) is 13.0. The summed E-state index contributed by atoms with van der Waals surface area (Å²) in [5, 5.41) is 2.53. The van der Waals surface area contributed by atoms with Crippen LogP contribution in [0.4, 0.5) is 8.78 Å². The van der Waals surface area contributed by atoms with E-state index in [4.69, 9.17) is 5.73 Å². The minimum Gasteiger partial charge on any atom is -0.393 e. The maximum absolute atomic E-state index is 12.9. The van der Waals surface area contributed by atoms with E-state index >= 15 is 0 Å². The second kappa shape index (κ2) is 5.67. The van der Waals surface area contributed by atoms with Crippen molar-refractivity contribution >= 4 is 23.1 Å². The van der Waals surface area contributed by atoms with Gasteiger partial charge >= 0.3 is 0 Å². The molecule has 1 amide bonds. The molecule has 6 heteroatoms. The van der Waals surface area contributed by atoms with Crippen LogP contribution in [0.5, 0.6) is 0 Å². The summed E-state index contributed by atoms with van der Waals surface area (Å²) in [6, 6.07) is 3.43. The minimum absolute atomic E-state index is 0.0905. The lowest BCUT2D eigenvalue weighted by molar-refractivity contribution is -0.122. The Morgan fingerprint density at radius 1 is 1.47 bits per heavy atom. The fourth-order valence-electron chi connectivity index (χ4n) is 1.12. The van der Waals surface area contributed by atoms with Crippen LogP contribution in [0.1, 0.15) is 12.5 Å². The van der Waals surface area contributed by atoms with Gasteiger partial charge in [-0.25, -0.2) is 8.78 Å². The average Bonchev–Trinajstić information content (AvgIpc) is 2.29. The van der Waals surface area contributed by atoms with Gasteiger partial charge in [-0.15, -0.1) is 0 Å². The number of amides is 1. The van der Waals surface area contributed by atoms with Crippen molar-refractivity contribution in [3.63, 3.8) is 0 Å². The summed E-state index contributed by atoms with van der Waals surface area (Å²) >= 11 is 4.67. The van der Waals surface area contributed by atoms with E-state index in [-0.39, 0.29) is 17.4 Å². The monoisotopic (exact) mass is 258 g/mol. The van der Waals surface area contributed by atoms with E-state index in [1.165, 1.54) is 6.07 Å². The Labute approximate surface area is 103 Å². The summed E-state index contributed by atoms with van der Waals surface area (Å²) in [5.74, 6) is -2.80. The summed E-state index contributed by atoms with van der Waals surface area (Å²) in [4.78, 5) is 11.6. The molecule has 0 aliphatic heterocycles. The van der Waals surface area contributed by atoms with Crippen LogP contribution < -0.4 is 11.1 Å². The van der Waals surface area contributed by atoms with Gasteiger partial charge in [0.1, 0.15) is 0 Å². The molecular weight excluding hydrogens is 246 g/mol. The molecule has 17 heavy (non-hydrogen) atoms. The number of nitrogens with two attached hydrogens (primary N) is 1. The van der Waals surface area contributed by atoms with Gasteiger partial charge in [0.05, 0.1) is 10.9 Å². The van der Waals surface area contributed by atoms with Crippen LogP contribution in [0.2, 0.25) is 0 Å². The number of hydrogen-bond donors (Lipinski definition) is 2. The van der Waals surface area contributed by atoms with Crippen LogP contribution in [-0.4, -0.2) is 10.9 Å². The number of nitrogens with one attached hydrogen (secondary N) is 1. The molecule has 0 aliphatic rings. The quantitative estimate of drug-likeness (QED) is 0.805. The molecule has 1 rings (SSSR count). The van der Waals surface area contributed by atoms with Crippen molar-refractivity contribution in [2.75, 3.05) is 0 Å². The molecule has 0 heterocycles. The molecule has 0 aliphatic carbocycles. The van der Waals surface area contributed by atoms with Crippen molar-refractivity contribution < 1.29 is 13.6 Å². The van der Waals surface area contributed by atoms with Crippen LogP contribution in [-0.2, 0) is 11.3 Å². The van der Waals surface area contributed by atoms with Crippen LogP contribution in [0, 0.1) is 17.6 Å². The fourth-order valence-corrected chi connectivity index (χ4v) is 1.23. The maximum atomic E-state index is 12.9. The Hall–Kier alpha value is -1.56. The molecule has 0 spiro atoms. The highest BCUT2D eigenvalue weighted by Gasteiger charge is 2.15. The Morgan fingerprint density at radius 3 is 2.65 bits per heavy atom. The Morgan fingerprint density at radius 2 is 2.12 bits per heavy atom. The third-order valence-corrected chi connectivity index (χ3v) is 2.62. The molecule has 0 saturated carbocycles. The van der Waals surface area contributed by atoms with Crippen molar-refractivity contribution in [3.05, 3.63) is 35.4 Å². The minimum atomic E-state index is -0.945. The smallest absolute Gasteiger partial charge is 0.229 e. The molecule has 0 radical (unpaired) electrons. The third kappa shape index (κ3) is 3.74. The van der Waals surface area contributed by atoms with Crippen molar-refractivity contribution in [2.24, 2.45) is 11.7 Å². The summed E-state index contributed by atoms with van der Waals surface area (Å²) in [6.07, 6.45) is 0. The maximum Gasteiger partial charge on any atom is 0.229 e. The summed E-state index contributed by atoms with van der Waals surface area (Å²) in [7, 11) is 0. The van der Waals surface area contributed by atoms with E-state index in [1.54, 1.807) is 6.92 Å². The van der Waals surface area contributed by atoms with E-state index in [0.717, 1.165) is 12.1 Å². The molecule has 1 aromatic carbocycles. The van der Waals surface area contributed by atoms with Crippen LogP contribution in [0.15, 0.2) is 18.2 Å². The molecular formula is C11H12F2N2OS. The molecule has 1 aromatic rings. The Kier molecular flexibility index (Phi) is 4.51. The van der Waals surface area contributed by atoms with Crippen molar-refractivity contribution in [3.8, 4) is 0 Å². The lowest BCUT2D eigenvalue weighted by atomic mass is 10.1. The van der Waals surface area contributed by atoms with Gasteiger partial charge in [-0.1, -0.05) is 18.3 Å². The number of halogens is 2. The lowest BCUT2D eigenvalue weighted by Gasteiger charge is -2.10. The van der Waals surface area contributed by atoms with Gasteiger partial charge < -0.3 is 11.1 Å². The van der Waals surface area contributed by atoms with Gasteiger partial charge in [0.15, 0.2) is 11.6 Å². The predicted molar refractivity (Wildman–Crippen MR) is 64.2 cm³/mol. The number of carbonyl (C=O) groups excluding carboxylic acids is 1. The van der Waals surface area contributed by atoms with Gasteiger partial charge in [-0.2, -0.15) is 0 Å². The van der Waals surface area contributed by atoms with Crippen molar-refractivity contribution in [2.45, 2.75) is 13.5 Å². The Balaban J connectivity index is 2.59. The summed E-state index contributed by atoms with van der Waals surface area (Å²) in [6.45, 7) is 1.67. The molecule has 0 bridgehead atoms. The second-order valence-corrected chi connectivity index (χ2v) is 4.06. The molecule has 92 valence electrons. The predicted octanol–water partition coefficient (Wildman–Crippen LogP) is 1.50. The summed E-state index contributed by atoms with van der Waals surface area (Å²) in [5.41, 5.74) is 5.78. The normalized spacial score (nSPS) is 11.9. The second-order valence-electron chi connectivity index (χ2n) is 3.59. The number of rotatable bonds is 4. The third-order valence-electron chi connectivity index (χ3n) is 2.27. The molecule has 1 atom stereocenters. The molecule has 3 N–H and O–H groups in total. The van der Waals surface area contributed by atoms with Crippen LogP contribution in [0.3, 0.4) is 0 Å². The Bertz CT molecular complexity index is 451. The number of thiocarbonyl (C=S) groups is 1. The first-order valence-corrected chi connectivity index (χ1v) is 5.33. The highest BCUT2D eigenvalue weighted by Crippen LogP contribution is 2.08. The molecule has 0 saturated heterocycles. The number of benzene rings is 1. The van der Waals surface area contributed by atoms with Crippen molar-refractivity contribution in [1.82, 2.24) is 5.32 Å². The van der Waals surface area contributed by atoms with E-state index in [0.29, 0.717) is 5.56 Å². The van der Waals surface area contributed by atoms with Crippen LogP contribution in [0.25, 0.3) is 0 Å². The number of hydrogen-bond acceptors (Lipinski definition) is 2. The van der Waals surface area contributed by atoms with E-state index in [2.05, 4.69) is 17.5 Å². The number of carbonyl (C=O) groups is 1. The zero-order valence-electron chi connectivity index (χ0n) is 9.17. The van der Waals surface area contributed by atoms with Crippen LogP contribution >= 0.6 is 12.2 Å². The van der Waals surface area contributed by atoms with E-state index < -0.39 is 17.6 Å². The average molecular weight is 258 g/mol. The first-order valence-electron chi connectivity index (χ1n) is 4.92. The highest BCUT2D eigenvalue weighted by atomic mass is 32.1. The van der Waals surface area contributed by atoms with E-state index in [1.807, 2.05) is 0 Å². The molecule has 1 unspecified atom stereocenters. The topological polar surface area (TPSA) is 55.1 Å². The van der Waals surface area contributed by atoms with Gasteiger partial charge in [0.2, 0.25) is 5.91 Å². The van der Waals surface area contributed by atoms with Gasteiger partial charge in [-0.3, -0.25) is 4.79 Å². The molecule has 3 nitrogen and oxygen atoms in total. The van der Waals surface area contributed by atoms with Gasteiger partial charge in [0, 0.05) is 6.54 Å². The first-order chi connectivity index (χ1) is 7.91. The highest BCUT2D eigenvalue weighted by molar-refractivity contribution is 7.80. The molecule has 0 fully saturated rings.